The number of hydrogen-bond donors (Lipinski definition) is 1. The van der Waals surface area contributed by atoms with E-state index in [1.54, 1.807) is 23.9 Å². The van der Waals surface area contributed by atoms with Gasteiger partial charge in [-0.25, -0.2) is 4.52 Å². The van der Waals surface area contributed by atoms with Gasteiger partial charge in [0.05, 0.1) is 21.4 Å². The van der Waals surface area contributed by atoms with Gasteiger partial charge in [-0.2, -0.15) is 9.36 Å². The molecule has 5 rings (SSSR count). The Morgan fingerprint density at radius 3 is 2.86 bits per heavy atom. The summed E-state index contributed by atoms with van der Waals surface area (Å²) >= 11 is 4.15. The van der Waals surface area contributed by atoms with Crippen molar-refractivity contribution >= 4 is 66.4 Å². The van der Waals surface area contributed by atoms with Crippen LogP contribution in [0.5, 0.6) is 5.75 Å². The van der Waals surface area contributed by atoms with Gasteiger partial charge in [-0.05, 0) is 67.2 Å². The minimum absolute atomic E-state index is 0.0583. The van der Waals surface area contributed by atoms with Crippen molar-refractivity contribution in [3.8, 4) is 5.75 Å². The molecule has 3 heterocycles. The van der Waals surface area contributed by atoms with Crippen molar-refractivity contribution in [3.63, 3.8) is 0 Å². The molecule has 0 amide bonds. The fraction of sp³-hybridized carbons (Fsp3) is 0.609. The number of anilines is 2. The molecule has 12 heteroatoms. The van der Waals surface area contributed by atoms with E-state index in [1.807, 2.05) is 25.3 Å². The Bertz CT molecular complexity index is 1210. The van der Waals surface area contributed by atoms with Crippen LogP contribution in [-0.4, -0.2) is 64.0 Å². The number of ether oxygens (including phenoxy) is 1. The molecule has 1 N–H and O–H groups in total. The number of aromatic nitrogens is 4. The van der Waals surface area contributed by atoms with Crippen molar-refractivity contribution < 1.29 is 9.13 Å². The molecule has 2 fully saturated rings. The van der Waals surface area contributed by atoms with E-state index in [4.69, 9.17) is 14.8 Å². The predicted octanol–water partition coefficient (Wildman–Crippen LogP) is 3.48. The molecule has 1 unspecified atom stereocenters. The molecule has 186 valence electrons. The molecule has 3 aromatic heterocycles. The van der Waals surface area contributed by atoms with Gasteiger partial charge in [0.25, 0.3) is 0 Å². The molecule has 2 saturated carbocycles. The van der Waals surface area contributed by atoms with Gasteiger partial charge in [0.2, 0.25) is 5.95 Å². The van der Waals surface area contributed by atoms with Crippen molar-refractivity contribution in [2.45, 2.75) is 54.0 Å². The van der Waals surface area contributed by atoms with Gasteiger partial charge in [-0.15, -0.1) is 5.10 Å². The molecule has 0 aromatic carbocycles. The summed E-state index contributed by atoms with van der Waals surface area (Å²) in [5, 5.41) is 9.72. The van der Waals surface area contributed by atoms with Gasteiger partial charge >= 0.3 is 0 Å². The highest BCUT2D eigenvalue weighted by atomic mass is 127. The SMILES string of the molecule is BC1(F)CC(COc2cccn3nc(N[C@@]4(I)C(CN(C)c5cc(C)ns5)CC[C@]4(B)C)nc23)C1. The van der Waals surface area contributed by atoms with E-state index in [-0.39, 0.29) is 14.8 Å². The van der Waals surface area contributed by atoms with E-state index in [9.17, 15) is 4.39 Å². The molecular formula is C23H32B2FIN6OS. The van der Waals surface area contributed by atoms with Crippen molar-refractivity contribution in [2.75, 3.05) is 30.4 Å². The van der Waals surface area contributed by atoms with Crippen LogP contribution in [-0.2, 0) is 0 Å². The number of rotatable bonds is 8. The largest absolute Gasteiger partial charge is 0.489 e. The number of pyridine rings is 1. The number of nitrogens with zero attached hydrogens (tertiary/aromatic N) is 5. The second-order valence-corrected chi connectivity index (χ2v) is 13.7. The predicted molar refractivity (Wildman–Crippen MR) is 154 cm³/mol. The summed E-state index contributed by atoms with van der Waals surface area (Å²) in [5.74, 6) is 1.95. The summed E-state index contributed by atoms with van der Waals surface area (Å²) in [6, 6.07) is 5.97. The Labute approximate surface area is 225 Å². The first-order valence-electron chi connectivity index (χ1n) is 12.2. The minimum Gasteiger partial charge on any atom is -0.489 e. The number of fused-ring (bicyclic) bond motifs is 1. The molecule has 7 nitrogen and oxygen atoms in total. The zero-order valence-corrected chi connectivity index (χ0v) is 24.0. The van der Waals surface area contributed by atoms with Gasteiger partial charge in [0.1, 0.15) is 20.7 Å². The highest BCUT2D eigenvalue weighted by Crippen LogP contribution is 2.58. The Kier molecular flexibility index (Phi) is 6.51. The zero-order valence-electron chi connectivity index (χ0n) is 21.0. The monoisotopic (exact) mass is 608 g/mol. The lowest BCUT2D eigenvalue weighted by molar-refractivity contribution is 0.0535. The average molecular weight is 608 g/mol. The van der Waals surface area contributed by atoms with Gasteiger partial charge < -0.3 is 15.0 Å². The van der Waals surface area contributed by atoms with Crippen LogP contribution in [0.15, 0.2) is 24.4 Å². The fourth-order valence-electron chi connectivity index (χ4n) is 5.59. The van der Waals surface area contributed by atoms with Crippen LogP contribution >= 0.6 is 34.1 Å². The Balaban J connectivity index is 1.34. The standard InChI is InChI=1S/C23H32B2FIN6OS/c1-14-9-18(35-31-14)32(3)12-16-6-7-21(2,24)23(16,27)29-20-28-19-17(5-4-8-33(19)30-20)34-13-15-10-22(25,26)11-15/h4-5,8-9,15-16H,6-7,10-13,24-25H2,1-3H3,(H,29,30)/t15?,16?,21-,22?,23+/m1/s1. The van der Waals surface area contributed by atoms with Crippen LogP contribution in [0.25, 0.3) is 5.65 Å². The first kappa shape index (κ1) is 25.1. The molecule has 2 aliphatic rings. The summed E-state index contributed by atoms with van der Waals surface area (Å²) in [7, 11) is 6.13. The third-order valence-corrected chi connectivity index (χ3v) is 11.3. The number of aryl methyl sites for hydroxylation is 1. The lowest BCUT2D eigenvalue weighted by Crippen LogP contribution is -2.47. The average Bonchev–Trinajstić information content (AvgIpc) is 3.43. The first-order valence-corrected chi connectivity index (χ1v) is 14.1. The topological polar surface area (TPSA) is 67.6 Å². The van der Waals surface area contributed by atoms with Gasteiger partial charge in [-0.3, -0.25) is 4.39 Å². The third-order valence-electron chi connectivity index (χ3n) is 7.67. The van der Waals surface area contributed by atoms with E-state index < -0.39 is 5.57 Å². The quantitative estimate of drug-likeness (QED) is 0.183. The Morgan fingerprint density at radius 2 is 2.17 bits per heavy atom. The van der Waals surface area contributed by atoms with E-state index >= 15 is 0 Å². The summed E-state index contributed by atoms with van der Waals surface area (Å²) < 4.78 is 25.9. The number of nitrogens with one attached hydrogen (secondary N) is 1. The van der Waals surface area contributed by atoms with E-state index in [0.29, 0.717) is 42.7 Å². The first-order chi connectivity index (χ1) is 16.5. The number of hydrogen-bond acceptors (Lipinski definition) is 7. The minimum atomic E-state index is -1.04. The van der Waals surface area contributed by atoms with Crippen LogP contribution in [0.4, 0.5) is 15.3 Å². The molecule has 35 heavy (non-hydrogen) atoms. The maximum absolute atomic E-state index is 13.8. The van der Waals surface area contributed by atoms with Gasteiger partial charge in [0.15, 0.2) is 11.4 Å². The molecule has 0 saturated heterocycles. The molecule has 0 bridgehead atoms. The van der Waals surface area contributed by atoms with E-state index in [0.717, 1.165) is 25.1 Å². The highest BCUT2D eigenvalue weighted by molar-refractivity contribution is 14.1. The fourth-order valence-corrected chi connectivity index (χ4v) is 7.33. The second kappa shape index (κ2) is 9.08. The van der Waals surface area contributed by atoms with Gasteiger partial charge in [0, 0.05) is 25.7 Å². The number of alkyl halides is 2. The van der Waals surface area contributed by atoms with Crippen LogP contribution in [0.3, 0.4) is 0 Å². The molecule has 0 spiro atoms. The van der Waals surface area contributed by atoms with Crippen molar-refractivity contribution in [3.05, 3.63) is 30.1 Å². The summed E-state index contributed by atoms with van der Waals surface area (Å²) in [6.45, 7) is 5.79. The van der Waals surface area contributed by atoms with Crippen molar-refractivity contribution in [1.82, 2.24) is 19.0 Å². The van der Waals surface area contributed by atoms with E-state index in [2.05, 4.69) is 65.1 Å². The summed E-state index contributed by atoms with van der Waals surface area (Å²) in [4.78, 5) is 7.14. The molecule has 3 aromatic rings. The Morgan fingerprint density at radius 1 is 1.40 bits per heavy atom. The molecule has 3 atom stereocenters. The van der Waals surface area contributed by atoms with Crippen molar-refractivity contribution in [2.24, 2.45) is 11.8 Å². The lowest BCUT2D eigenvalue weighted by atomic mass is 9.61. The summed E-state index contributed by atoms with van der Waals surface area (Å²) in [5.41, 5.74) is 0.699. The second-order valence-electron chi connectivity index (χ2n) is 11.2. The maximum atomic E-state index is 13.8. The molecule has 2 aliphatic carbocycles. The van der Waals surface area contributed by atoms with Crippen LogP contribution in [0, 0.1) is 18.8 Å². The van der Waals surface area contributed by atoms with Gasteiger partial charge in [-0.1, -0.05) is 35.9 Å². The Hall–Kier alpha value is -1.56. The van der Waals surface area contributed by atoms with Crippen molar-refractivity contribution in [1.29, 1.82) is 0 Å². The molecular weight excluding hydrogens is 576 g/mol. The lowest BCUT2D eigenvalue weighted by Gasteiger charge is -2.42. The molecule has 0 aliphatic heterocycles. The van der Waals surface area contributed by atoms with Crippen LogP contribution < -0.4 is 15.0 Å². The smallest absolute Gasteiger partial charge is 0.244 e. The molecule has 0 radical (unpaired) electrons. The number of halogens is 2. The normalized spacial score (nSPS) is 32.5. The van der Waals surface area contributed by atoms with E-state index in [1.165, 1.54) is 5.00 Å². The maximum Gasteiger partial charge on any atom is 0.244 e. The highest BCUT2D eigenvalue weighted by Gasteiger charge is 2.54. The third kappa shape index (κ3) is 4.89. The zero-order chi connectivity index (χ0) is 25.0. The van der Waals surface area contributed by atoms with Crippen LogP contribution in [0.1, 0.15) is 38.3 Å². The van der Waals surface area contributed by atoms with Crippen LogP contribution in [0.2, 0.25) is 5.31 Å². The summed E-state index contributed by atoms with van der Waals surface area (Å²) in [6.07, 6.45) is 5.25.